The Kier molecular flexibility index (Phi) is 7.02. The number of hydrogen-bond acceptors (Lipinski definition) is 4. The van der Waals surface area contributed by atoms with Gasteiger partial charge in [0.2, 0.25) is 0 Å². The highest BCUT2D eigenvalue weighted by Gasteiger charge is 2.36. The quantitative estimate of drug-likeness (QED) is 0.196. The van der Waals surface area contributed by atoms with Crippen molar-refractivity contribution in [2.24, 2.45) is 0 Å². The molecule has 5 rings (SSSR count). The molecule has 6 nitrogen and oxygen atoms in total. The Morgan fingerprint density at radius 3 is 2.41 bits per heavy atom. The highest BCUT2D eigenvalue weighted by Crippen LogP contribution is 2.36. The number of carbonyl (C=O) groups excluding carboxylic acids is 3. The molecule has 1 aliphatic heterocycles. The number of carbonyl (C=O) groups is 3. The summed E-state index contributed by atoms with van der Waals surface area (Å²) < 4.78 is 6.58. The second-order valence-electron chi connectivity index (χ2n) is 8.17. The fourth-order valence-electron chi connectivity index (χ4n) is 4.02. The predicted molar refractivity (Wildman–Crippen MR) is 148 cm³/mol. The minimum Gasteiger partial charge on any atom is -0.486 e. The number of anilines is 1. The Labute approximate surface area is 230 Å². The average Bonchev–Trinajstić information content (AvgIpc) is 2.87. The van der Waals surface area contributed by atoms with Crippen molar-refractivity contribution in [2.45, 2.75) is 6.61 Å². The van der Waals surface area contributed by atoms with Crippen LogP contribution in [0.15, 0.2) is 88.9 Å². The number of imide groups is 2. The van der Waals surface area contributed by atoms with Crippen LogP contribution < -0.4 is 15.0 Å². The first-order chi connectivity index (χ1) is 17.8. The van der Waals surface area contributed by atoms with Gasteiger partial charge in [-0.15, -0.1) is 0 Å². The predicted octanol–water partition coefficient (Wildman–Crippen LogP) is 7.15. The zero-order chi connectivity index (χ0) is 26.1. The number of nitrogens with zero attached hydrogens (tertiary/aromatic N) is 1. The van der Waals surface area contributed by atoms with E-state index in [1.54, 1.807) is 24.3 Å². The zero-order valence-corrected chi connectivity index (χ0v) is 22.1. The third-order valence-corrected chi connectivity index (χ3v) is 6.89. The summed E-state index contributed by atoms with van der Waals surface area (Å²) in [5.41, 5.74) is 1.53. The van der Waals surface area contributed by atoms with Gasteiger partial charge < -0.3 is 4.74 Å². The van der Waals surface area contributed by atoms with Crippen LogP contribution in [0.25, 0.3) is 16.8 Å². The smallest absolute Gasteiger partial charge is 0.335 e. The molecule has 0 aliphatic carbocycles. The van der Waals surface area contributed by atoms with E-state index in [0.717, 1.165) is 21.2 Å². The Bertz CT molecular complexity index is 1570. The van der Waals surface area contributed by atoms with Crippen molar-refractivity contribution < 1.29 is 19.1 Å². The third-order valence-electron chi connectivity index (χ3n) is 5.77. The monoisotopic (exact) mass is 594 g/mol. The van der Waals surface area contributed by atoms with Gasteiger partial charge in [-0.1, -0.05) is 65.7 Å². The summed E-state index contributed by atoms with van der Waals surface area (Å²) >= 11 is 15.9. The third kappa shape index (κ3) is 5.11. The van der Waals surface area contributed by atoms with Crippen LogP contribution in [-0.2, 0) is 16.2 Å². The molecule has 1 N–H and O–H groups in total. The minimum atomic E-state index is -0.842. The largest absolute Gasteiger partial charge is 0.486 e. The lowest BCUT2D eigenvalue weighted by molar-refractivity contribution is -0.122. The second-order valence-corrected chi connectivity index (χ2v) is 9.87. The van der Waals surface area contributed by atoms with E-state index < -0.39 is 17.8 Å². The number of benzene rings is 4. The van der Waals surface area contributed by atoms with E-state index >= 15 is 0 Å². The lowest BCUT2D eigenvalue weighted by Crippen LogP contribution is -2.54. The van der Waals surface area contributed by atoms with Crippen molar-refractivity contribution in [3.63, 3.8) is 0 Å². The first-order valence-electron chi connectivity index (χ1n) is 11.1. The van der Waals surface area contributed by atoms with Crippen molar-refractivity contribution in [1.82, 2.24) is 5.32 Å². The van der Waals surface area contributed by atoms with Crippen LogP contribution in [0, 0.1) is 0 Å². The number of halogens is 3. The molecular weight excluding hydrogens is 579 g/mol. The van der Waals surface area contributed by atoms with Gasteiger partial charge >= 0.3 is 6.03 Å². The Morgan fingerprint density at radius 2 is 1.65 bits per heavy atom. The summed E-state index contributed by atoms with van der Waals surface area (Å²) in [5, 5.41) is 5.12. The first-order valence-corrected chi connectivity index (χ1v) is 12.6. The summed E-state index contributed by atoms with van der Waals surface area (Å²) in [5.74, 6) is -1.14. The number of urea groups is 1. The average molecular weight is 596 g/mol. The van der Waals surface area contributed by atoms with Crippen LogP contribution in [0.5, 0.6) is 5.75 Å². The van der Waals surface area contributed by atoms with Gasteiger partial charge in [0.25, 0.3) is 11.8 Å². The molecule has 1 saturated heterocycles. The molecule has 184 valence electrons. The molecule has 0 aromatic heterocycles. The molecule has 0 atom stereocenters. The molecule has 37 heavy (non-hydrogen) atoms. The van der Waals surface area contributed by atoms with Gasteiger partial charge in [0.15, 0.2) is 5.75 Å². The minimum absolute atomic E-state index is 0.220. The fraction of sp³-hybridized carbons (Fsp3) is 0.0357. The summed E-state index contributed by atoms with van der Waals surface area (Å²) in [6.45, 7) is 0.291. The fourth-order valence-corrected chi connectivity index (χ4v) is 5.13. The Hall–Kier alpha value is -3.65. The van der Waals surface area contributed by atoms with Gasteiger partial charge in [-0.3, -0.25) is 14.9 Å². The first kappa shape index (κ1) is 25.0. The van der Waals surface area contributed by atoms with Gasteiger partial charge in [-0.25, -0.2) is 9.69 Å². The molecule has 0 spiro atoms. The normalized spacial score (nSPS) is 14.8. The van der Waals surface area contributed by atoms with Gasteiger partial charge in [0.1, 0.15) is 12.2 Å². The van der Waals surface area contributed by atoms with Crippen LogP contribution in [0.4, 0.5) is 10.5 Å². The second kappa shape index (κ2) is 10.4. The summed E-state index contributed by atoms with van der Waals surface area (Å²) in [6, 6.07) is 22.6. The van der Waals surface area contributed by atoms with Crippen LogP contribution in [0.2, 0.25) is 10.0 Å². The molecular formula is C28H17BrCl2N2O4. The molecule has 1 fully saturated rings. The van der Waals surface area contributed by atoms with E-state index in [2.05, 4.69) is 21.2 Å². The maximum Gasteiger partial charge on any atom is 0.335 e. The Morgan fingerprint density at radius 1 is 0.919 bits per heavy atom. The maximum atomic E-state index is 13.1. The maximum absolute atomic E-state index is 13.1. The molecule has 4 amide bonds. The van der Waals surface area contributed by atoms with Crippen molar-refractivity contribution >= 4 is 79.5 Å². The Balaban J connectivity index is 1.41. The number of hydrogen-bond donors (Lipinski definition) is 1. The lowest BCUT2D eigenvalue weighted by atomic mass is 10.1. The number of barbiturate groups is 1. The molecule has 4 aromatic carbocycles. The highest BCUT2D eigenvalue weighted by atomic mass is 79.9. The van der Waals surface area contributed by atoms with Gasteiger partial charge in [0.05, 0.1) is 15.2 Å². The number of ether oxygens (including phenoxy) is 1. The summed E-state index contributed by atoms with van der Waals surface area (Å²) in [6.07, 6.45) is 1.37. The van der Waals surface area contributed by atoms with Gasteiger partial charge in [-0.05, 0) is 80.3 Å². The number of nitrogens with one attached hydrogen (secondary N) is 1. The SMILES string of the molecule is O=C1NC(=O)N(c2ccc(Cl)cc2)C(=O)/C1=C/c1cc(Cl)c(OCc2cccc3ccccc23)c(Br)c1. The molecule has 0 radical (unpaired) electrons. The van der Waals surface area contributed by atoms with Gasteiger partial charge in [-0.2, -0.15) is 0 Å². The zero-order valence-electron chi connectivity index (χ0n) is 19.0. The summed E-state index contributed by atoms with van der Waals surface area (Å²) in [7, 11) is 0. The number of amides is 4. The van der Waals surface area contributed by atoms with E-state index in [0.29, 0.717) is 27.4 Å². The number of rotatable bonds is 5. The van der Waals surface area contributed by atoms with Crippen molar-refractivity contribution in [2.75, 3.05) is 4.90 Å². The van der Waals surface area contributed by atoms with Crippen molar-refractivity contribution in [3.05, 3.63) is 110 Å². The number of fused-ring (bicyclic) bond motifs is 1. The van der Waals surface area contributed by atoms with E-state index in [1.807, 2.05) is 42.5 Å². The molecule has 0 bridgehead atoms. The molecule has 0 unspecified atom stereocenters. The standard InChI is InChI=1S/C28H17BrCl2N2O4/c29-23-13-16(12-22-26(34)32-28(36)33(27(22)35)20-10-8-19(30)9-11-20)14-24(31)25(23)37-15-18-6-3-5-17-4-1-2-7-21(17)18/h1-14H,15H2,(H,32,34,36)/b22-12+. The molecule has 4 aromatic rings. The van der Waals surface area contributed by atoms with E-state index in [4.69, 9.17) is 27.9 Å². The topological polar surface area (TPSA) is 75.7 Å². The van der Waals surface area contributed by atoms with Gasteiger partial charge in [0, 0.05) is 5.02 Å². The molecule has 0 saturated carbocycles. The molecule has 1 heterocycles. The lowest BCUT2D eigenvalue weighted by Gasteiger charge is -2.26. The van der Waals surface area contributed by atoms with Crippen LogP contribution >= 0.6 is 39.1 Å². The van der Waals surface area contributed by atoms with Crippen LogP contribution in [-0.4, -0.2) is 17.8 Å². The molecule has 1 aliphatic rings. The van der Waals surface area contributed by atoms with Crippen molar-refractivity contribution in [1.29, 1.82) is 0 Å². The van der Waals surface area contributed by atoms with E-state index in [1.165, 1.54) is 18.2 Å². The van der Waals surface area contributed by atoms with Crippen molar-refractivity contribution in [3.8, 4) is 5.75 Å². The summed E-state index contributed by atoms with van der Waals surface area (Å²) in [4.78, 5) is 38.9. The highest BCUT2D eigenvalue weighted by molar-refractivity contribution is 9.10. The van der Waals surface area contributed by atoms with Crippen LogP contribution in [0.1, 0.15) is 11.1 Å². The van der Waals surface area contributed by atoms with E-state index in [-0.39, 0.29) is 16.3 Å². The molecule has 9 heteroatoms. The van der Waals surface area contributed by atoms with E-state index in [9.17, 15) is 14.4 Å². The van der Waals surface area contributed by atoms with Crippen LogP contribution in [0.3, 0.4) is 0 Å².